The van der Waals surface area contributed by atoms with Crippen LogP contribution in [0.2, 0.25) is 5.15 Å². The van der Waals surface area contributed by atoms with E-state index in [2.05, 4.69) is 26.2 Å². The van der Waals surface area contributed by atoms with Crippen molar-refractivity contribution < 1.29 is 9.53 Å². The van der Waals surface area contributed by atoms with Crippen molar-refractivity contribution in [1.82, 2.24) is 4.98 Å². The Labute approximate surface area is 123 Å². The molecule has 1 heterocycles. The third-order valence-electron chi connectivity index (χ3n) is 2.40. The second kappa shape index (κ2) is 6.04. The van der Waals surface area contributed by atoms with Crippen LogP contribution in [-0.2, 0) is 0 Å². The molecule has 0 unspecified atom stereocenters. The number of methoxy groups -OCH3 is 1. The van der Waals surface area contributed by atoms with Gasteiger partial charge in [-0.15, -0.1) is 0 Å². The molecule has 0 bridgehead atoms. The number of anilines is 1. The summed E-state index contributed by atoms with van der Waals surface area (Å²) < 4.78 is 6.03. The number of carbonyl (C=O) groups excluding carboxylic acids is 1. The Morgan fingerprint density at radius 1 is 1.37 bits per heavy atom. The lowest BCUT2D eigenvalue weighted by Gasteiger charge is -2.10. The van der Waals surface area contributed by atoms with Crippen molar-refractivity contribution in [3.05, 3.63) is 51.7 Å². The van der Waals surface area contributed by atoms with Crippen molar-refractivity contribution in [2.45, 2.75) is 0 Å². The molecule has 19 heavy (non-hydrogen) atoms. The Bertz CT molecular complexity index is 602. The summed E-state index contributed by atoms with van der Waals surface area (Å²) in [5.74, 6) is 0.305. The fourth-order valence-corrected chi connectivity index (χ4v) is 1.96. The molecular weight excluding hydrogens is 332 g/mol. The van der Waals surface area contributed by atoms with E-state index in [4.69, 9.17) is 16.3 Å². The summed E-state index contributed by atoms with van der Waals surface area (Å²) in [4.78, 5) is 15.9. The number of halogens is 2. The zero-order valence-corrected chi connectivity index (χ0v) is 12.3. The molecule has 1 N–H and O–H groups in total. The van der Waals surface area contributed by atoms with Crippen LogP contribution in [0.1, 0.15) is 10.4 Å². The highest BCUT2D eigenvalue weighted by atomic mass is 79.9. The summed E-state index contributed by atoms with van der Waals surface area (Å²) in [6, 6.07) is 8.53. The molecule has 0 aliphatic carbocycles. The van der Waals surface area contributed by atoms with Gasteiger partial charge < -0.3 is 10.1 Å². The molecule has 4 nitrogen and oxygen atoms in total. The highest BCUT2D eigenvalue weighted by molar-refractivity contribution is 9.10. The fourth-order valence-electron chi connectivity index (χ4n) is 1.48. The fraction of sp³-hybridized carbons (Fsp3) is 0.0769. The topological polar surface area (TPSA) is 51.2 Å². The van der Waals surface area contributed by atoms with E-state index in [0.717, 1.165) is 4.47 Å². The molecule has 0 aliphatic rings. The molecule has 0 saturated carbocycles. The van der Waals surface area contributed by atoms with Crippen LogP contribution in [0.3, 0.4) is 0 Å². The number of ether oxygens (including phenoxy) is 1. The minimum absolute atomic E-state index is 0.277. The predicted molar refractivity (Wildman–Crippen MR) is 77.9 cm³/mol. The lowest BCUT2D eigenvalue weighted by Crippen LogP contribution is -2.12. The maximum Gasteiger partial charge on any atom is 0.257 e. The Morgan fingerprint density at radius 3 is 2.79 bits per heavy atom. The number of benzene rings is 1. The molecule has 0 aliphatic heterocycles. The molecule has 2 aromatic rings. The van der Waals surface area contributed by atoms with E-state index in [1.807, 2.05) is 6.07 Å². The van der Waals surface area contributed by atoms with Gasteiger partial charge in [0.05, 0.1) is 18.4 Å². The van der Waals surface area contributed by atoms with Crippen molar-refractivity contribution >= 4 is 39.1 Å². The van der Waals surface area contributed by atoms with Gasteiger partial charge in [-0.2, -0.15) is 0 Å². The summed E-state index contributed by atoms with van der Waals surface area (Å²) in [7, 11) is 1.54. The van der Waals surface area contributed by atoms with E-state index in [9.17, 15) is 4.79 Å². The first kappa shape index (κ1) is 13.8. The summed E-state index contributed by atoms with van der Waals surface area (Å²) in [6.07, 6.45) is 1.42. The normalized spacial score (nSPS) is 10.1. The maximum atomic E-state index is 12.0. The van der Waals surface area contributed by atoms with Crippen LogP contribution in [-0.4, -0.2) is 18.0 Å². The predicted octanol–water partition coefficient (Wildman–Crippen LogP) is 3.76. The number of nitrogens with one attached hydrogen (secondary N) is 1. The minimum Gasteiger partial charge on any atom is -0.495 e. The van der Waals surface area contributed by atoms with Crippen LogP contribution in [0.25, 0.3) is 0 Å². The number of pyridine rings is 1. The number of amides is 1. The van der Waals surface area contributed by atoms with Crippen LogP contribution >= 0.6 is 27.5 Å². The average Bonchev–Trinajstić information content (AvgIpc) is 2.39. The van der Waals surface area contributed by atoms with Crippen molar-refractivity contribution in [3.8, 4) is 5.75 Å². The van der Waals surface area contributed by atoms with Gasteiger partial charge >= 0.3 is 0 Å². The van der Waals surface area contributed by atoms with Crippen molar-refractivity contribution in [2.75, 3.05) is 12.4 Å². The molecular formula is C13H10BrClN2O2. The largest absolute Gasteiger partial charge is 0.495 e. The van der Waals surface area contributed by atoms with E-state index in [0.29, 0.717) is 22.2 Å². The minimum atomic E-state index is -0.277. The highest BCUT2D eigenvalue weighted by Crippen LogP contribution is 2.28. The van der Waals surface area contributed by atoms with Gasteiger partial charge in [-0.25, -0.2) is 4.98 Å². The van der Waals surface area contributed by atoms with Crippen LogP contribution < -0.4 is 10.1 Å². The molecule has 0 saturated heterocycles. The van der Waals surface area contributed by atoms with E-state index >= 15 is 0 Å². The first-order chi connectivity index (χ1) is 9.10. The molecule has 1 aromatic heterocycles. The van der Waals surface area contributed by atoms with Crippen LogP contribution in [0.15, 0.2) is 41.0 Å². The zero-order chi connectivity index (χ0) is 13.8. The number of aromatic nitrogens is 1. The summed E-state index contributed by atoms with van der Waals surface area (Å²) >= 11 is 9.02. The average molecular weight is 342 g/mol. The molecule has 0 atom stereocenters. The van der Waals surface area contributed by atoms with Crippen LogP contribution in [0.4, 0.5) is 5.69 Å². The van der Waals surface area contributed by atoms with Gasteiger partial charge in [0.1, 0.15) is 10.9 Å². The summed E-state index contributed by atoms with van der Waals surface area (Å²) in [5.41, 5.74) is 1.00. The molecule has 0 radical (unpaired) electrons. The van der Waals surface area contributed by atoms with Gasteiger partial charge in [-0.05, 0) is 30.3 Å². The lowest BCUT2D eigenvalue weighted by molar-refractivity contribution is 0.102. The van der Waals surface area contributed by atoms with Gasteiger partial charge in [-0.3, -0.25) is 4.79 Å². The number of carbonyl (C=O) groups is 1. The Kier molecular flexibility index (Phi) is 4.39. The number of rotatable bonds is 3. The smallest absolute Gasteiger partial charge is 0.257 e. The molecule has 2 rings (SSSR count). The SMILES string of the molecule is COc1ccc(Br)cc1NC(=O)c1ccc(Cl)nc1. The van der Waals surface area contributed by atoms with Gasteiger partial charge in [0, 0.05) is 10.7 Å². The standard InChI is InChI=1S/C13H10BrClN2O2/c1-19-11-4-3-9(14)6-10(11)17-13(18)8-2-5-12(15)16-7-8/h2-7H,1H3,(H,17,18). The molecule has 0 spiro atoms. The first-order valence-electron chi connectivity index (χ1n) is 5.36. The lowest BCUT2D eigenvalue weighted by atomic mass is 10.2. The van der Waals surface area contributed by atoms with Crippen molar-refractivity contribution in [1.29, 1.82) is 0 Å². The first-order valence-corrected chi connectivity index (χ1v) is 6.53. The van der Waals surface area contributed by atoms with E-state index in [-0.39, 0.29) is 5.91 Å². The van der Waals surface area contributed by atoms with Crippen LogP contribution in [0, 0.1) is 0 Å². The van der Waals surface area contributed by atoms with E-state index < -0.39 is 0 Å². The molecule has 1 aromatic carbocycles. The number of hydrogen-bond donors (Lipinski definition) is 1. The second-order valence-corrected chi connectivity index (χ2v) is 4.97. The van der Waals surface area contributed by atoms with Gasteiger partial charge in [0.25, 0.3) is 5.91 Å². The molecule has 6 heteroatoms. The Hall–Kier alpha value is -1.59. The van der Waals surface area contributed by atoms with Crippen molar-refractivity contribution in [2.24, 2.45) is 0 Å². The second-order valence-electron chi connectivity index (χ2n) is 3.67. The summed E-state index contributed by atoms with van der Waals surface area (Å²) in [6.45, 7) is 0. The van der Waals surface area contributed by atoms with E-state index in [1.165, 1.54) is 6.20 Å². The Balaban J connectivity index is 2.23. The van der Waals surface area contributed by atoms with Crippen molar-refractivity contribution in [3.63, 3.8) is 0 Å². The maximum absolute atomic E-state index is 12.0. The number of hydrogen-bond acceptors (Lipinski definition) is 3. The summed E-state index contributed by atoms with van der Waals surface area (Å²) in [5, 5.41) is 3.11. The molecule has 98 valence electrons. The molecule has 1 amide bonds. The van der Waals surface area contributed by atoms with Crippen LogP contribution in [0.5, 0.6) is 5.75 Å². The third-order valence-corrected chi connectivity index (χ3v) is 3.12. The monoisotopic (exact) mass is 340 g/mol. The van der Waals surface area contributed by atoms with Gasteiger partial charge in [0.15, 0.2) is 0 Å². The van der Waals surface area contributed by atoms with Gasteiger partial charge in [0.2, 0.25) is 0 Å². The number of nitrogens with zero attached hydrogens (tertiary/aromatic N) is 1. The van der Waals surface area contributed by atoms with Gasteiger partial charge in [-0.1, -0.05) is 27.5 Å². The zero-order valence-electron chi connectivity index (χ0n) is 9.98. The Morgan fingerprint density at radius 2 is 2.16 bits per heavy atom. The quantitative estimate of drug-likeness (QED) is 0.865. The highest BCUT2D eigenvalue weighted by Gasteiger charge is 2.10. The third kappa shape index (κ3) is 3.45. The molecule has 0 fully saturated rings. The van der Waals surface area contributed by atoms with E-state index in [1.54, 1.807) is 31.4 Å².